The number of fused-ring (bicyclic) bond motifs is 2. The zero-order valence-corrected chi connectivity index (χ0v) is 21.2. The van der Waals surface area contributed by atoms with Crippen LogP contribution in [-0.4, -0.2) is 55.5 Å². The van der Waals surface area contributed by atoms with E-state index in [9.17, 15) is 14.4 Å². The highest BCUT2D eigenvalue weighted by molar-refractivity contribution is 6.04. The maximum atomic E-state index is 13.7. The van der Waals surface area contributed by atoms with Crippen molar-refractivity contribution in [3.63, 3.8) is 0 Å². The van der Waals surface area contributed by atoms with Crippen LogP contribution in [0.4, 0.5) is 0 Å². The number of pyridine rings is 1. The van der Waals surface area contributed by atoms with Crippen molar-refractivity contribution >= 4 is 28.6 Å². The van der Waals surface area contributed by atoms with Crippen molar-refractivity contribution in [3.05, 3.63) is 23.7 Å². The Kier molecular flexibility index (Phi) is 6.23. The highest BCUT2D eigenvalue weighted by Gasteiger charge is 2.48. The van der Waals surface area contributed by atoms with Crippen LogP contribution in [0.25, 0.3) is 10.9 Å². The third kappa shape index (κ3) is 4.45. The molecule has 4 atom stereocenters. The summed E-state index contributed by atoms with van der Waals surface area (Å²) in [5, 5.41) is 8.19. The largest absolute Gasteiger partial charge is 0.364 e. The molecule has 3 N–H and O–H groups in total. The van der Waals surface area contributed by atoms with Crippen molar-refractivity contribution in [2.75, 3.05) is 0 Å². The first-order valence-corrected chi connectivity index (χ1v) is 12.9. The number of nitrogens with one attached hydrogen (secondary N) is 1. The van der Waals surface area contributed by atoms with Crippen LogP contribution in [0.1, 0.15) is 75.5 Å². The average molecular weight is 491 g/mol. The Morgan fingerprint density at radius 3 is 2.83 bits per heavy atom. The predicted octanol–water partition coefficient (Wildman–Crippen LogP) is 2.17. The maximum absolute atomic E-state index is 13.7. The molecule has 0 unspecified atom stereocenters. The predicted molar refractivity (Wildman–Crippen MR) is 135 cm³/mol. The van der Waals surface area contributed by atoms with Gasteiger partial charge < -0.3 is 16.0 Å². The second-order valence-electron chi connectivity index (χ2n) is 11.1. The number of aryl methyl sites for hydroxylation is 1. The summed E-state index contributed by atoms with van der Waals surface area (Å²) in [6.45, 7) is 6.34. The minimum Gasteiger partial charge on any atom is -0.364 e. The molecule has 3 heterocycles. The zero-order chi connectivity index (χ0) is 25.6. The quantitative estimate of drug-likeness (QED) is 0.601. The van der Waals surface area contributed by atoms with Gasteiger partial charge in [-0.1, -0.05) is 33.1 Å². The lowest BCUT2D eigenvalue weighted by Gasteiger charge is -2.37. The molecule has 2 aromatic rings. The number of hydrogen-bond acceptors (Lipinski definition) is 5. The molecule has 9 nitrogen and oxygen atoms in total. The van der Waals surface area contributed by atoms with Gasteiger partial charge in [0.1, 0.15) is 12.6 Å². The Hall–Kier alpha value is -3.41. The Morgan fingerprint density at radius 2 is 2.11 bits per heavy atom. The fraction of sp³-hybridized carbons (Fsp3) is 0.593. The van der Waals surface area contributed by atoms with Crippen LogP contribution in [0, 0.1) is 23.2 Å². The van der Waals surface area contributed by atoms with Gasteiger partial charge in [0.15, 0.2) is 5.69 Å². The number of likely N-dealkylation sites (tertiary alicyclic amines) is 1. The number of amides is 3. The third-order valence-electron chi connectivity index (χ3n) is 7.95. The summed E-state index contributed by atoms with van der Waals surface area (Å²) < 4.78 is 1.48. The van der Waals surface area contributed by atoms with Crippen LogP contribution >= 0.6 is 0 Å². The van der Waals surface area contributed by atoms with Gasteiger partial charge in [0, 0.05) is 29.5 Å². The molecule has 0 bridgehead atoms. The zero-order valence-electron chi connectivity index (χ0n) is 21.2. The molecule has 1 saturated heterocycles. The van der Waals surface area contributed by atoms with Crippen molar-refractivity contribution < 1.29 is 14.4 Å². The second-order valence-corrected chi connectivity index (χ2v) is 11.1. The third-order valence-corrected chi connectivity index (χ3v) is 7.95. The van der Waals surface area contributed by atoms with Gasteiger partial charge in [-0.25, -0.2) is 0 Å². The summed E-state index contributed by atoms with van der Waals surface area (Å²) in [5.41, 5.74) is 7.28. The lowest BCUT2D eigenvalue weighted by Crippen LogP contribution is -2.52. The number of carbonyl (C=O) groups excluding carboxylic acids is 3. The summed E-state index contributed by atoms with van der Waals surface area (Å²) in [7, 11) is 0. The molecule has 36 heavy (non-hydrogen) atoms. The molecule has 2 aromatic heterocycles. The van der Waals surface area contributed by atoms with Crippen LogP contribution < -0.4 is 11.1 Å². The van der Waals surface area contributed by atoms with Crippen LogP contribution in [-0.2, 0) is 22.6 Å². The smallest absolute Gasteiger partial charge is 0.269 e. The molecule has 1 saturated carbocycles. The minimum atomic E-state index is -0.655. The Balaban J connectivity index is 1.39. The van der Waals surface area contributed by atoms with E-state index in [0.29, 0.717) is 30.2 Å². The first kappa shape index (κ1) is 24.3. The molecule has 0 aromatic carbocycles. The van der Waals surface area contributed by atoms with Gasteiger partial charge in [-0.3, -0.25) is 24.0 Å². The van der Waals surface area contributed by atoms with Gasteiger partial charge in [-0.15, -0.1) is 5.92 Å². The van der Waals surface area contributed by atoms with Gasteiger partial charge in [-0.05, 0) is 43.6 Å². The first-order chi connectivity index (χ1) is 17.2. The Labute approximate surface area is 211 Å². The van der Waals surface area contributed by atoms with Gasteiger partial charge >= 0.3 is 0 Å². The molecule has 3 aliphatic rings. The highest BCUT2D eigenvalue weighted by atomic mass is 16.2. The van der Waals surface area contributed by atoms with Crippen LogP contribution in [0.3, 0.4) is 0 Å². The molecule has 0 spiro atoms. The topological polar surface area (TPSA) is 123 Å². The molecule has 5 rings (SSSR count). The summed E-state index contributed by atoms with van der Waals surface area (Å²) >= 11 is 0. The molecule has 0 radical (unpaired) electrons. The van der Waals surface area contributed by atoms with Gasteiger partial charge in [0.25, 0.3) is 5.91 Å². The molecule has 190 valence electrons. The molecule has 9 heteroatoms. The highest BCUT2D eigenvalue weighted by Crippen LogP contribution is 2.37. The van der Waals surface area contributed by atoms with E-state index >= 15 is 0 Å². The van der Waals surface area contributed by atoms with Crippen molar-refractivity contribution in [2.45, 2.75) is 90.4 Å². The summed E-state index contributed by atoms with van der Waals surface area (Å²) in [5.74, 6) is 5.35. The number of aromatic nitrogens is 3. The molecule has 2 aliphatic carbocycles. The fourth-order valence-electron chi connectivity index (χ4n) is 6.16. The van der Waals surface area contributed by atoms with Gasteiger partial charge in [0.2, 0.25) is 11.8 Å². The first-order valence-electron chi connectivity index (χ1n) is 12.9. The van der Waals surface area contributed by atoms with Crippen molar-refractivity contribution in [2.24, 2.45) is 17.1 Å². The van der Waals surface area contributed by atoms with E-state index in [4.69, 9.17) is 5.73 Å². The SMILES string of the molecule is CCc1cc2c(C(N)=O)nn(CC(=O)N3[C@@H]4CC#C[C@@H]4C[C@H]3C(=O)N[C@@H]3CCCC(C)(C)C3)c2cn1. The normalized spacial score (nSPS) is 26.4. The van der Waals surface area contributed by atoms with Crippen molar-refractivity contribution in [1.29, 1.82) is 0 Å². The van der Waals surface area contributed by atoms with E-state index in [2.05, 4.69) is 41.1 Å². The van der Waals surface area contributed by atoms with Crippen molar-refractivity contribution in [1.82, 2.24) is 25.0 Å². The number of nitrogens with zero attached hydrogens (tertiary/aromatic N) is 4. The molecule has 1 aliphatic heterocycles. The van der Waals surface area contributed by atoms with E-state index in [0.717, 1.165) is 31.4 Å². The minimum absolute atomic E-state index is 0.00294. The van der Waals surface area contributed by atoms with E-state index < -0.39 is 11.9 Å². The van der Waals surface area contributed by atoms with Crippen molar-refractivity contribution in [3.8, 4) is 11.8 Å². The van der Waals surface area contributed by atoms with E-state index in [-0.39, 0.29) is 47.5 Å². The van der Waals surface area contributed by atoms with Crippen LogP contribution in [0.5, 0.6) is 0 Å². The van der Waals surface area contributed by atoms with E-state index in [1.54, 1.807) is 17.2 Å². The number of hydrogen-bond donors (Lipinski definition) is 2. The number of rotatable bonds is 6. The summed E-state index contributed by atoms with van der Waals surface area (Å²) in [6.07, 6.45) is 7.57. The van der Waals surface area contributed by atoms with Gasteiger partial charge in [-0.2, -0.15) is 5.10 Å². The molecular formula is C27H34N6O3. The molecule has 3 amide bonds. The number of primary amides is 1. The lowest BCUT2D eigenvalue weighted by molar-refractivity contribution is -0.141. The summed E-state index contributed by atoms with van der Waals surface area (Å²) in [4.78, 5) is 45.3. The number of carbonyl (C=O) groups is 3. The van der Waals surface area contributed by atoms with Gasteiger partial charge in [0.05, 0.1) is 17.8 Å². The van der Waals surface area contributed by atoms with Crippen LogP contribution in [0.15, 0.2) is 12.3 Å². The number of nitrogens with two attached hydrogens (primary N) is 1. The molecule has 2 fully saturated rings. The van der Waals surface area contributed by atoms with E-state index in [1.807, 2.05) is 6.92 Å². The monoisotopic (exact) mass is 490 g/mol. The lowest BCUT2D eigenvalue weighted by atomic mass is 9.75. The standard InChI is InChI=1S/C27H34N6O3/c1-4-17-12-19-22(14-29-17)32(31-24(19)25(28)35)15-23(34)33-20-9-5-7-16(20)11-21(33)26(36)30-18-8-6-10-27(2,3)13-18/h12,14,16,18,20-21H,4,6,8-11,13,15H2,1-3H3,(H2,28,35)(H,30,36)/t16-,18-,20-,21+/m1/s1. The van der Waals surface area contributed by atoms with Crippen LogP contribution in [0.2, 0.25) is 0 Å². The second kappa shape index (κ2) is 9.23. The van der Waals surface area contributed by atoms with E-state index in [1.165, 1.54) is 4.68 Å². The average Bonchev–Trinajstić information content (AvgIpc) is 3.51. The fourth-order valence-corrected chi connectivity index (χ4v) is 6.16. The summed E-state index contributed by atoms with van der Waals surface area (Å²) in [6, 6.07) is 1.21. The Morgan fingerprint density at radius 1 is 1.31 bits per heavy atom. The Bertz CT molecular complexity index is 1290. The maximum Gasteiger partial charge on any atom is 0.269 e. The molecular weight excluding hydrogens is 456 g/mol.